The first-order chi connectivity index (χ1) is 16.7. The monoisotopic (exact) mass is 529 g/mol. The van der Waals surface area contributed by atoms with E-state index in [1.165, 1.54) is 6.26 Å². The third-order valence-electron chi connectivity index (χ3n) is 7.62. The van der Waals surface area contributed by atoms with Crippen LogP contribution < -0.4 is 4.90 Å². The van der Waals surface area contributed by atoms with E-state index >= 15 is 0 Å². The molecule has 1 fully saturated rings. The van der Waals surface area contributed by atoms with Gasteiger partial charge in [0.25, 0.3) is 0 Å². The normalized spacial score (nSPS) is 24.0. The molecule has 5 nitrogen and oxygen atoms in total. The van der Waals surface area contributed by atoms with Crippen molar-refractivity contribution in [3.05, 3.63) is 93.9 Å². The predicted octanol–water partition coefficient (Wildman–Crippen LogP) is 6.09. The van der Waals surface area contributed by atoms with E-state index in [1.54, 1.807) is 36.4 Å². The smallest absolute Gasteiger partial charge is 0.180 e. The number of ketones is 3. The molecule has 3 aromatic rings. The van der Waals surface area contributed by atoms with Crippen LogP contribution in [0.2, 0.25) is 0 Å². The molecule has 1 unspecified atom stereocenters. The van der Waals surface area contributed by atoms with E-state index in [9.17, 15) is 14.4 Å². The van der Waals surface area contributed by atoms with Gasteiger partial charge in [-0.1, -0.05) is 73.1 Å². The highest BCUT2D eigenvalue weighted by Crippen LogP contribution is 2.61. The lowest BCUT2D eigenvalue weighted by Gasteiger charge is -2.38. The molecular weight excluding hydrogens is 506 g/mol. The Morgan fingerprint density at radius 1 is 1.00 bits per heavy atom. The lowest BCUT2D eigenvalue weighted by Crippen LogP contribution is -2.49. The van der Waals surface area contributed by atoms with E-state index in [2.05, 4.69) is 15.9 Å². The van der Waals surface area contributed by atoms with Gasteiger partial charge >= 0.3 is 0 Å². The summed E-state index contributed by atoms with van der Waals surface area (Å²) in [6.07, 6.45) is 5.41. The minimum Gasteiger partial charge on any atom is -0.469 e. The molecule has 0 N–H and O–H groups in total. The number of benzene rings is 2. The van der Waals surface area contributed by atoms with Crippen LogP contribution in [0.1, 0.15) is 58.7 Å². The maximum Gasteiger partial charge on any atom is 0.180 e. The summed E-state index contributed by atoms with van der Waals surface area (Å²) in [6.45, 7) is 5.64. The van der Waals surface area contributed by atoms with Crippen LogP contribution in [0, 0.1) is 10.8 Å². The van der Waals surface area contributed by atoms with Gasteiger partial charge in [0.1, 0.15) is 17.2 Å². The van der Waals surface area contributed by atoms with Gasteiger partial charge < -0.3 is 9.32 Å². The van der Waals surface area contributed by atoms with Crippen molar-refractivity contribution in [2.75, 3.05) is 4.90 Å². The molecule has 2 aliphatic heterocycles. The van der Waals surface area contributed by atoms with Crippen LogP contribution >= 0.6 is 15.9 Å². The Hall–Kier alpha value is -3.25. The first-order valence-electron chi connectivity index (χ1n) is 11.7. The highest BCUT2D eigenvalue weighted by molar-refractivity contribution is 9.10. The Kier molecular flexibility index (Phi) is 4.68. The van der Waals surface area contributed by atoms with Crippen LogP contribution in [0.15, 0.2) is 75.8 Å². The quantitative estimate of drug-likeness (QED) is 0.375. The molecule has 176 valence electrons. The largest absolute Gasteiger partial charge is 0.469 e. The summed E-state index contributed by atoms with van der Waals surface area (Å²) in [6, 6.07) is 15.0. The summed E-state index contributed by atoms with van der Waals surface area (Å²) >= 11 is 3.54. The summed E-state index contributed by atoms with van der Waals surface area (Å²) in [4.78, 5) is 44.9. The number of nitrogens with zero attached hydrogens (tertiary/aromatic N) is 1. The molecule has 1 aliphatic carbocycles. The summed E-state index contributed by atoms with van der Waals surface area (Å²) < 4.78 is 6.80. The van der Waals surface area contributed by atoms with E-state index in [1.807, 2.05) is 56.0 Å². The van der Waals surface area contributed by atoms with Gasteiger partial charge in [-0.25, -0.2) is 0 Å². The van der Waals surface area contributed by atoms with Gasteiger partial charge in [-0.15, -0.1) is 0 Å². The molecule has 1 aromatic heterocycles. The highest BCUT2D eigenvalue weighted by atomic mass is 79.9. The molecule has 0 radical (unpaired) electrons. The lowest BCUT2D eigenvalue weighted by atomic mass is 9.65. The summed E-state index contributed by atoms with van der Waals surface area (Å²) in [5.41, 5.74) is 0.357. The Morgan fingerprint density at radius 2 is 1.69 bits per heavy atom. The number of halogens is 1. The number of carbonyl (C=O) groups excluding carboxylic acids is 3. The van der Waals surface area contributed by atoms with Crippen molar-refractivity contribution in [2.45, 2.75) is 38.8 Å². The maximum atomic E-state index is 14.3. The van der Waals surface area contributed by atoms with Crippen LogP contribution in [0.5, 0.6) is 0 Å². The van der Waals surface area contributed by atoms with Gasteiger partial charge in [-0.3, -0.25) is 14.4 Å². The van der Waals surface area contributed by atoms with Crippen molar-refractivity contribution >= 4 is 45.0 Å². The number of hydrogen-bond acceptors (Lipinski definition) is 5. The number of carbonyl (C=O) groups is 3. The van der Waals surface area contributed by atoms with E-state index in [4.69, 9.17) is 4.42 Å². The Labute approximate surface area is 211 Å². The fraction of sp³-hybridized carbons (Fsp3) is 0.276. The Bertz CT molecular complexity index is 1390. The van der Waals surface area contributed by atoms with Gasteiger partial charge in [0, 0.05) is 26.7 Å². The Morgan fingerprint density at radius 3 is 2.29 bits per heavy atom. The molecule has 6 rings (SSSR count). The fourth-order valence-electron chi connectivity index (χ4n) is 6.17. The number of furan rings is 1. The fourth-order valence-corrected chi connectivity index (χ4v) is 6.55. The SMILES string of the molecule is CC(C)(C)C(=O)[C@H]1[C@H](c2ccco2)C2(C(=O)c3ccccc3C2=O)C2C=Cc3cc(Br)ccc3N21. The van der Waals surface area contributed by atoms with E-state index < -0.39 is 28.8 Å². The average molecular weight is 530 g/mol. The minimum absolute atomic E-state index is 0.0403. The molecule has 1 saturated heterocycles. The zero-order valence-corrected chi connectivity index (χ0v) is 21.2. The molecule has 3 heterocycles. The standard InChI is InChI=1S/C29H24BrNO4/c1-28(2,3)27(34)24-23(21-9-6-14-35-21)29(25(32)18-7-4-5-8-19(18)26(29)33)22-13-10-16-15-17(30)11-12-20(16)31(22)24/h4-15,22-24H,1-3H3/t22?,23-,24+/m0/s1. The second-order valence-electron chi connectivity index (χ2n) is 10.5. The average Bonchev–Trinajstić information content (AvgIpc) is 3.51. The highest BCUT2D eigenvalue weighted by Gasteiger charge is 2.72. The number of rotatable bonds is 2. The second-order valence-corrected chi connectivity index (χ2v) is 11.5. The zero-order chi connectivity index (χ0) is 24.7. The van der Waals surface area contributed by atoms with Crippen LogP contribution in [-0.4, -0.2) is 29.4 Å². The molecule has 35 heavy (non-hydrogen) atoms. The van der Waals surface area contributed by atoms with Crippen LogP contribution in [0.3, 0.4) is 0 Å². The summed E-state index contributed by atoms with van der Waals surface area (Å²) in [5.74, 6) is -0.834. The third kappa shape index (κ3) is 2.83. The van der Waals surface area contributed by atoms with Crippen molar-refractivity contribution < 1.29 is 18.8 Å². The van der Waals surface area contributed by atoms with Crippen LogP contribution in [0.4, 0.5) is 5.69 Å². The number of Topliss-reactive ketones (excluding diaryl/α,β-unsaturated/α-hetero) is 3. The van der Waals surface area contributed by atoms with E-state index in [0.29, 0.717) is 16.9 Å². The van der Waals surface area contributed by atoms with Crippen molar-refractivity contribution in [2.24, 2.45) is 10.8 Å². The zero-order valence-electron chi connectivity index (χ0n) is 19.6. The number of fused-ring (bicyclic) bond motifs is 5. The van der Waals surface area contributed by atoms with E-state index in [0.717, 1.165) is 15.7 Å². The number of anilines is 1. The third-order valence-corrected chi connectivity index (χ3v) is 8.12. The topological polar surface area (TPSA) is 67.6 Å². The molecule has 0 amide bonds. The van der Waals surface area contributed by atoms with Crippen molar-refractivity contribution in [3.8, 4) is 0 Å². The first-order valence-corrected chi connectivity index (χ1v) is 12.5. The van der Waals surface area contributed by atoms with Crippen LogP contribution in [0.25, 0.3) is 6.08 Å². The molecule has 3 atom stereocenters. The van der Waals surface area contributed by atoms with Crippen molar-refractivity contribution in [1.82, 2.24) is 0 Å². The number of hydrogen-bond donors (Lipinski definition) is 0. The predicted molar refractivity (Wildman–Crippen MR) is 137 cm³/mol. The molecule has 2 aromatic carbocycles. The van der Waals surface area contributed by atoms with Gasteiger partial charge in [0.15, 0.2) is 17.3 Å². The van der Waals surface area contributed by atoms with Gasteiger partial charge in [-0.2, -0.15) is 0 Å². The second kappa shape index (κ2) is 7.37. The first kappa shape index (κ1) is 22.2. The summed E-state index contributed by atoms with van der Waals surface area (Å²) in [7, 11) is 0. The van der Waals surface area contributed by atoms with Gasteiger partial charge in [0.2, 0.25) is 0 Å². The van der Waals surface area contributed by atoms with Gasteiger partial charge in [-0.05, 0) is 35.9 Å². The van der Waals surface area contributed by atoms with Crippen LogP contribution in [-0.2, 0) is 4.79 Å². The molecule has 6 heteroatoms. The molecule has 0 bridgehead atoms. The molecule has 0 saturated carbocycles. The molecular formula is C29H24BrNO4. The van der Waals surface area contributed by atoms with Crippen molar-refractivity contribution in [1.29, 1.82) is 0 Å². The minimum atomic E-state index is -1.51. The lowest BCUT2D eigenvalue weighted by molar-refractivity contribution is -0.128. The summed E-state index contributed by atoms with van der Waals surface area (Å²) in [5, 5.41) is 0. The van der Waals surface area contributed by atoms with Gasteiger partial charge in [0.05, 0.1) is 18.2 Å². The van der Waals surface area contributed by atoms with Crippen molar-refractivity contribution in [3.63, 3.8) is 0 Å². The maximum absolute atomic E-state index is 14.3. The van der Waals surface area contributed by atoms with E-state index in [-0.39, 0.29) is 17.3 Å². The Balaban J connectivity index is 1.69. The molecule has 1 spiro atoms. The molecule has 3 aliphatic rings.